The zero-order valence-corrected chi connectivity index (χ0v) is 14.0. The summed E-state index contributed by atoms with van der Waals surface area (Å²) in [6, 6.07) is 1.34. The van der Waals surface area contributed by atoms with Gasteiger partial charge in [-0.3, -0.25) is 0 Å². The molecular weight excluding hydrogens is 360 g/mol. The molecule has 4 nitrogen and oxygen atoms in total. The predicted molar refractivity (Wildman–Crippen MR) is 79.7 cm³/mol. The molecule has 1 N–H and O–H groups in total. The molecule has 0 saturated heterocycles. The van der Waals surface area contributed by atoms with Crippen LogP contribution in [0.15, 0.2) is 21.6 Å². The van der Waals surface area contributed by atoms with Gasteiger partial charge in [0.15, 0.2) is 0 Å². The van der Waals surface area contributed by atoms with Gasteiger partial charge in [0, 0.05) is 22.5 Å². The van der Waals surface area contributed by atoms with Crippen molar-refractivity contribution in [2.24, 2.45) is 0 Å². The van der Waals surface area contributed by atoms with E-state index in [-0.39, 0.29) is 16.1 Å². The van der Waals surface area contributed by atoms with Crippen molar-refractivity contribution >= 4 is 49.3 Å². The Hall–Kier alpha value is 0.180. The Morgan fingerprint density at radius 3 is 2.83 bits per heavy atom. The molecule has 0 spiro atoms. The molecule has 1 unspecified atom stereocenters. The van der Waals surface area contributed by atoms with Gasteiger partial charge in [-0.15, -0.1) is 0 Å². The largest absolute Gasteiger partial charge is 0.243 e. The number of hydrogen-bond acceptors (Lipinski definition) is 4. The van der Waals surface area contributed by atoms with Gasteiger partial charge < -0.3 is 0 Å². The van der Waals surface area contributed by atoms with Crippen LogP contribution in [0.1, 0.15) is 13.3 Å². The van der Waals surface area contributed by atoms with Gasteiger partial charge in [0.05, 0.1) is 0 Å². The first-order chi connectivity index (χ1) is 8.40. The molecule has 18 heavy (non-hydrogen) atoms. The van der Waals surface area contributed by atoms with Gasteiger partial charge in [-0.1, -0.05) is 18.5 Å². The highest BCUT2D eigenvalue weighted by molar-refractivity contribution is 9.10. The number of thioether (sulfide) groups is 1. The zero-order chi connectivity index (χ0) is 13.8. The van der Waals surface area contributed by atoms with E-state index in [0.29, 0.717) is 4.47 Å². The Morgan fingerprint density at radius 1 is 1.61 bits per heavy atom. The Kier molecular flexibility index (Phi) is 6.40. The number of sulfonamides is 1. The van der Waals surface area contributed by atoms with Gasteiger partial charge in [-0.05, 0) is 34.7 Å². The van der Waals surface area contributed by atoms with Crippen LogP contribution in [-0.4, -0.2) is 31.5 Å². The summed E-state index contributed by atoms with van der Waals surface area (Å²) in [6.45, 7) is 1.93. The summed E-state index contributed by atoms with van der Waals surface area (Å²) in [6.07, 6.45) is 4.12. The van der Waals surface area contributed by atoms with Crippen LogP contribution in [0, 0.1) is 0 Å². The molecule has 0 aliphatic carbocycles. The van der Waals surface area contributed by atoms with Crippen LogP contribution in [0.4, 0.5) is 0 Å². The van der Waals surface area contributed by atoms with Crippen molar-refractivity contribution in [2.45, 2.75) is 24.3 Å². The fourth-order valence-corrected chi connectivity index (χ4v) is 4.40. The number of nitrogens with zero attached hydrogens (tertiary/aromatic N) is 1. The van der Waals surface area contributed by atoms with E-state index in [1.165, 1.54) is 12.3 Å². The summed E-state index contributed by atoms with van der Waals surface area (Å²) in [5.74, 6) is 0.717. The van der Waals surface area contributed by atoms with Crippen molar-refractivity contribution in [3.05, 3.63) is 21.9 Å². The van der Waals surface area contributed by atoms with Crippen molar-refractivity contribution in [3.63, 3.8) is 0 Å². The molecule has 0 fully saturated rings. The number of nitrogens with one attached hydrogen (secondary N) is 1. The lowest BCUT2D eigenvalue weighted by Gasteiger charge is -2.16. The lowest BCUT2D eigenvalue weighted by atomic mass is 10.3. The Labute approximate surface area is 125 Å². The normalized spacial score (nSPS) is 13.6. The maximum absolute atomic E-state index is 12.2. The highest BCUT2D eigenvalue weighted by Crippen LogP contribution is 2.23. The van der Waals surface area contributed by atoms with Gasteiger partial charge in [0.2, 0.25) is 10.0 Å². The summed E-state index contributed by atoms with van der Waals surface area (Å²) >= 11 is 10.6. The fraction of sp³-hybridized carbons (Fsp3) is 0.500. The topological polar surface area (TPSA) is 59.1 Å². The lowest BCUT2D eigenvalue weighted by Crippen LogP contribution is -2.36. The smallest absolute Gasteiger partial charge is 0.242 e. The molecule has 0 saturated carbocycles. The minimum atomic E-state index is -3.63. The van der Waals surface area contributed by atoms with E-state index in [1.54, 1.807) is 11.8 Å². The van der Waals surface area contributed by atoms with Crippen molar-refractivity contribution in [2.75, 3.05) is 12.0 Å². The molecule has 0 bridgehead atoms. The van der Waals surface area contributed by atoms with Crippen molar-refractivity contribution < 1.29 is 8.42 Å². The van der Waals surface area contributed by atoms with Gasteiger partial charge in [-0.2, -0.15) is 11.8 Å². The molecule has 0 radical (unpaired) electrons. The maximum atomic E-state index is 12.2. The number of pyridine rings is 1. The van der Waals surface area contributed by atoms with Gasteiger partial charge in [0.1, 0.15) is 10.0 Å². The number of aromatic nitrogens is 1. The van der Waals surface area contributed by atoms with Crippen LogP contribution in [0.3, 0.4) is 0 Å². The minimum absolute atomic E-state index is 0.00176. The van der Waals surface area contributed by atoms with E-state index in [0.717, 1.165) is 12.2 Å². The van der Waals surface area contributed by atoms with Crippen LogP contribution < -0.4 is 4.72 Å². The van der Waals surface area contributed by atoms with Crippen LogP contribution in [-0.2, 0) is 10.0 Å². The summed E-state index contributed by atoms with van der Waals surface area (Å²) in [5, 5.41) is -0.0234. The highest BCUT2D eigenvalue weighted by Gasteiger charge is 2.22. The third-order valence-electron chi connectivity index (χ3n) is 2.25. The maximum Gasteiger partial charge on any atom is 0.243 e. The first-order valence-corrected chi connectivity index (χ1v) is 9.27. The standard InChI is InChI=1S/C10H14BrClN2O2S2/c1-3-8(6-17-2)14-18(15,16)9-4-7(11)5-13-10(9)12/h4-5,8,14H,3,6H2,1-2H3. The third-order valence-corrected chi connectivity index (χ3v) is 5.36. The second-order valence-electron chi connectivity index (χ2n) is 3.62. The number of halogens is 2. The molecule has 1 rings (SSSR count). The van der Waals surface area contributed by atoms with Crippen molar-refractivity contribution in [1.82, 2.24) is 9.71 Å². The van der Waals surface area contributed by atoms with Gasteiger partial charge >= 0.3 is 0 Å². The highest BCUT2D eigenvalue weighted by atomic mass is 79.9. The van der Waals surface area contributed by atoms with Crippen LogP contribution in [0.5, 0.6) is 0 Å². The second-order valence-corrected chi connectivity index (χ2v) is 7.49. The van der Waals surface area contributed by atoms with E-state index < -0.39 is 10.0 Å². The molecule has 0 aliphatic heterocycles. The van der Waals surface area contributed by atoms with Crippen LogP contribution in [0.2, 0.25) is 5.15 Å². The monoisotopic (exact) mass is 372 g/mol. The molecule has 102 valence electrons. The van der Waals surface area contributed by atoms with E-state index >= 15 is 0 Å². The van der Waals surface area contributed by atoms with Crippen molar-refractivity contribution in [3.8, 4) is 0 Å². The van der Waals surface area contributed by atoms with E-state index in [9.17, 15) is 8.42 Å². The minimum Gasteiger partial charge on any atom is -0.242 e. The lowest BCUT2D eigenvalue weighted by molar-refractivity contribution is 0.558. The summed E-state index contributed by atoms with van der Waals surface area (Å²) in [4.78, 5) is 3.82. The molecule has 0 aromatic carbocycles. The third kappa shape index (κ3) is 4.38. The second kappa shape index (κ2) is 7.09. The first-order valence-electron chi connectivity index (χ1n) is 5.23. The molecule has 1 atom stereocenters. The Bertz CT molecular complexity index is 511. The zero-order valence-electron chi connectivity index (χ0n) is 9.98. The fourth-order valence-electron chi connectivity index (χ4n) is 1.31. The van der Waals surface area contributed by atoms with Crippen molar-refractivity contribution in [1.29, 1.82) is 0 Å². The van der Waals surface area contributed by atoms with E-state index in [1.807, 2.05) is 13.2 Å². The quantitative estimate of drug-likeness (QED) is 0.779. The van der Waals surface area contributed by atoms with Crippen LogP contribution in [0.25, 0.3) is 0 Å². The predicted octanol–water partition coefficient (Wildman–Crippen LogP) is 2.92. The number of rotatable bonds is 6. The number of hydrogen-bond donors (Lipinski definition) is 1. The van der Waals surface area contributed by atoms with E-state index in [4.69, 9.17) is 11.6 Å². The molecule has 1 aromatic rings. The Balaban J connectivity index is 3.02. The van der Waals surface area contributed by atoms with E-state index in [2.05, 4.69) is 25.6 Å². The SMILES string of the molecule is CCC(CSC)NS(=O)(=O)c1cc(Br)cnc1Cl. The van der Waals surface area contributed by atoms with Crippen LogP contribution >= 0.6 is 39.3 Å². The molecular formula is C10H14BrClN2O2S2. The van der Waals surface area contributed by atoms with Gasteiger partial charge in [-0.25, -0.2) is 18.1 Å². The van der Waals surface area contributed by atoms with Gasteiger partial charge in [0.25, 0.3) is 0 Å². The molecule has 1 heterocycles. The molecule has 8 heteroatoms. The first kappa shape index (κ1) is 16.2. The summed E-state index contributed by atoms with van der Waals surface area (Å²) in [7, 11) is -3.63. The Morgan fingerprint density at radius 2 is 2.28 bits per heavy atom. The summed E-state index contributed by atoms with van der Waals surface area (Å²) in [5.41, 5.74) is 0. The molecule has 0 amide bonds. The average molecular weight is 374 g/mol. The molecule has 1 aromatic heterocycles. The average Bonchev–Trinajstić information content (AvgIpc) is 2.31. The summed E-state index contributed by atoms with van der Waals surface area (Å²) < 4.78 is 27.6. The molecule has 0 aliphatic rings.